The maximum Gasteiger partial charge on any atom is 0.304 e. The van der Waals surface area contributed by atoms with Gasteiger partial charge in [0.15, 0.2) is 0 Å². The molecule has 0 aliphatic heterocycles. The van der Waals surface area contributed by atoms with Gasteiger partial charge >= 0.3 is 5.97 Å². The lowest BCUT2D eigenvalue weighted by Gasteiger charge is -2.18. The molecule has 2 rings (SSSR count). The summed E-state index contributed by atoms with van der Waals surface area (Å²) in [7, 11) is 0. The molecular formula is C14H16BrFO2. The first kappa shape index (κ1) is 13.5. The molecule has 18 heavy (non-hydrogen) atoms. The van der Waals surface area contributed by atoms with Gasteiger partial charge in [0.1, 0.15) is 5.82 Å². The Kier molecular flexibility index (Phi) is 3.49. The van der Waals surface area contributed by atoms with Gasteiger partial charge in [-0.1, -0.05) is 19.9 Å². The number of hydrogen-bond acceptors (Lipinski definition) is 1. The number of carboxylic acid groups (broad SMARTS) is 1. The van der Waals surface area contributed by atoms with Crippen LogP contribution in [0.2, 0.25) is 0 Å². The van der Waals surface area contributed by atoms with Crippen molar-refractivity contribution in [3.05, 3.63) is 33.5 Å². The van der Waals surface area contributed by atoms with Crippen LogP contribution in [-0.2, 0) is 10.2 Å². The van der Waals surface area contributed by atoms with Crippen LogP contribution >= 0.6 is 15.9 Å². The van der Waals surface area contributed by atoms with Gasteiger partial charge < -0.3 is 5.11 Å². The van der Waals surface area contributed by atoms with Crippen LogP contribution in [0.5, 0.6) is 0 Å². The minimum absolute atomic E-state index is 0.0118. The molecule has 0 aromatic heterocycles. The van der Waals surface area contributed by atoms with E-state index in [4.69, 9.17) is 5.11 Å². The van der Waals surface area contributed by atoms with Crippen molar-refractivity contribution in [3.63, 3.8) is 0 Å². The Hall–Kier alpha value is -0.900. The van der Waals surface area contributed by atoms with E-state index in [0.29, 0.717) is 16.0 Å². The van der Waals surface area contributed by atoms with Crippen LogP contribution in [-0.4, -0.2) is 11.1 Å². The molecule has 0 unspecified atom stereocenters. The van der Waals surface area contributed by atoms with Crippen LogP contribution in [0, 0.1) is 5.82 Å². The molecular weight excluding hydrogens is 299 g/mol. The predicted octanol–water partition coefficient (Wildman–Crippen LogP) is 4.22. The van der Waals surface area contributed by atoms with Gasteiger partial charge in [0.25, 0.3) is 0 Å². The van der Waals surface area contributed by atoms with Crippen molar-refractivity contribution >= 4 is 21.9 Å². The number of halogens is 2. The highest BCUT2D eigenvalue weighted by Crippen LogP contribution is 2.53. The molecule has 2 nitrogen and oxygen atoms in total. The number of aliphatic carboxylic acids is 1. The fourth-order valence-corrected chi connectivity index (χ4v) is 2.79. The maximum atomic E-state index is 14.2. The lowest BCUT2D eigenvalue weighted by atomic mass is 9.88. The van der Waals surface area contributed by atoms with E-state index in [1.165, 1.54) is 0 Å². The summed E-state index contributed by atoms with van der Waals surface area (Å²) in [5.41, 5.74) is 1.11. The Balaban J connectivity index is 2.47. The molecule has 0 spiro atoms. The second kappa shape index (κ2) is 4.65. The number of rotatable bonds is 4. The molecule has 0 radical (unpaired) electrons. The molecule has 1 N–H and O–H groups in total. The minimum atomic E-state index is -0.863. The van der Waals surface area contributed by atoms with Crippen LogP contribution in [0.3, 0.4) is 0 Å². The molecule has 0 saturated heterocycles. The minimum Gasteiger partial charge on any atom is -0.481 e. The van der Waals surface area contributed by atoms with E-state index in [9.17, 15) is 9.18 Å². The summed E-state index contributed by atoms with van der Waals surface area (Å²) in [5.74, 6) is -0.877. The average Bonchev–Trinajstić information content (AvgIpc) is 3.01. The Morgan fingerprint density at radius 1 is 1.50 bits per heavy atom. The third kappa shape index (κ3) is 2.44. The van der Waals surface area contributed by atoms with Crippen molar-refractivity contribution in [2.45, 2.75) is 44.4 Å². The molecule has 1 fully saturated rings. The topological polar surface area (TPSA) is 37.3 Å². The first-order chi connectivity index (χ1) is 8.35. The number of hydrogen-bond donors (Lipinski definition) is 1. The molecule has 1 aliphatic rings. The summed E-state index contributed by atoms with van der Waals surface area (Å²) in [4.78, 5) is 10.9. The van der Waals surface area contributed by atoms with E-state index in [1.54, 1.807) is 6.07 Å². The molecule has 1 aromatic rings. The van der Waals surface area contributed by atoms with Gasteiger partial charge in [0, 0.05) is 5.41 Å². The Morgan fingerprint density at radius 2 is 2.11 bits per heavy atom. The second-order valence-corrected chi connectivity index (χ2v) is 6.22. The van der Waals surface area contributed by atoms with Crippen LogP contribution in [0.4, 0.5) is 4.39 Å². The van der Waals surface area contributed by atoms with E-state index in [0.717, 1.165) is 18.4 Å². The lowest BCUT2D eigenvalue weighted by Crippen LogP contribution is -2.15. The normalized spacial score (nSPS) is 16.9. The monoisotopic (exact) mass is 314 g/mol. The average molecular weight is 315 g/mol. The maximum absolute atomic E-state index is 14.2. The van der Waals surface area contributed by atoms with E-state index in [1.807, 2.05) is 19.9 Å². The fourth-order valence-electron chi connectivity index (χ4n) is 2.31. The first-order valence-corrected chi connectivity index (χ1v) is 6.86. The highest BCUT2D eigenvalue weighted by atomic mass is 79.9. The van der Waals surface area contributed by atoms with Crippen molar-refractivity contribution in [1.29, 1.82) is 0 Å². The smallest absolute Gasteiger partial charge is 0.304 e. The summed E-state index contributed by atoms with van der Waals surface area (Å²) < 4.78 is 14.6. The molecule has 0 atom stereocenters. The van der Waals surface area contributed by atoms with Crippen LogP contribution < -0.4 is 0 Å². The fraction of sp³-hybridized carbons (Fsp3) is 0.500. The standard InChI is InChI=1S/C14H16BrFO2/c1-8(2)9-5-10(13(16)11(15)6-9)14(3-4-14)7-12(17)18/h5-6,8H,3-4,7H2,1-2H3,(H,17,18). The van der Waals surface area contributed by atoms with Crippen molar-refractivity contribution in [2.24, 2.45) is 0 Å². The first-order valence-electron chi connectivity index (χ1n) is 6.07. The number of benzene rings is 1. The molecule has 1 aliphatic carbocycles. The molecule has 0 amide bonds. The van der Waals surface area contributed by atoms with Crippen LogP contribution in [0.15, 0.2) is 16.6 Å². The highest BCUT2D eigenvalue weighted by molar-refractivity contribution is 9.10. The summed E-state index contributed by atoms with van der Waals surface area (Å²) in [6.45, 7) is 4.08. The molecule has 4 heteroatoms. The van der Waals surface area contributed by atoms with E-state index in [-0.39, 0.29) is 12.2 Å². The third-order valence-corrected chi connectivity index (χ3v) is 4.21. The van der Waals surface area contributed by atoms with Gasteiger partial charge in [-0.05, 0) is 51.9 Å². The van der Waals surface area contributed by atoms with E-state index < -0.39 is 11.4 Å². The van der Waals surface area contributed by atoms with Crippen molar-refractivity contribution in [2.75, 3.05) is 0 Å². The van der Waals surface area contributed by atoms with Gasteiger partial charge in [0.05, 0.1) is 10.9 Å². The zero-order chi connectivity index (χ0) is 13.5. The quantitative estimate of drug-likeness (QED) is 0.903. The number of carboxylic acids is 1. The molecule has 1 aromatic carbocycles. The van der Waals surface area contributed by atoms with E-state index >= 15 is 0 Å². The van der Waals surface area contributed by atoms with Gasteiger partial charge in [0.2, 0.25) is 0 Å². The summed E-state index contributed by atoms with van der Waals surface area (Å²) >= 11 is 3.23. The van der Waals surface area contributed by atoms with Gasteiger partial charge in [-0.15, -0.1) is 0 Å². The van der Waals surface area contributed by atoms with Gasteiger partial charge in [-0.3, -0.25) is 4.79 Å². The SMILES string of the molecule is CC(C)c1cc(Br)c(F)c(C2(CC(=O)O)CC2)c1. The summed E-state index contributed by atoms with van der Waals surface area (Å²) in [5, 5.41) is 8.95. The second-order valence-electron chi connectivity index (χ2n) is 5.37. The highest BCUT2D eigenvalue weighted by Gasteiger charge is 2.48. The van der Waals surface area contributed by atoms with Gasteiger partial charge in [-0.2, -0.15) is 0 Å². The summed E-state index contributed by atoms with van der Waals surface area (Å²) in [6, 6.07) is 3.61. The third-order valence-electron chi connectivity index (χ3n) is 3.63. The largest absolute Gasteiger partial charge is 0.481 e. The Labute approximate surface area is 114 Å². The molecule has 1 saturated carbocycles. The molecule has 0 heterocycles. The van der Waals surface area contributed by atoms with Crippen LogP contribution in [0.25, 0.3) is 0 Å². The Bertz CT molecular complexity index is 493. The zero-order valence-electron chi connectivity index (χ0n) is 10.5. The summed E-state index contributed by atoms with van der Waals surface area (Å²) in [6.07, 6.45) is 1.52. The predicted molar refractivity (Wildman–Crippen MR) is 71.4 cm³/mol. The van der Waals surface area contributed by atoms with Gasteiger partial charge in [-0.25, -0.2) is 4.39 Å². The van der Waals surface area contributed by atoms with Crippen molar-refractivity contribution in [3.8, 4) is 0 Å². The zero-order valence-corrected chi connectivity index (χ0v) is 12.1. The molecule has 98 valence electrons. The van der Waals surface area contributed by atoms with E-state index in [2.05, 4.69) is 15.9 Å². The Morgan fingerprint density at radius 3 is 2.56 bits per heavy atom. The molecule has 0 bridgehead atoms. The number of carbonyl (C=O) groups is 1. The lowest BCUT2D eigenvalue weighted by molar-refractivity contribution is -0.137. The van der Waals surface area contributed by atoms with Crippen molar-refractivity contribution < 1.29 is 14.3 Å². The van der Waals surface area contributed by atoms with Crippen LogP contribution in [0.1, 0.15) is 50.2 Å². The van der Waals surface area contributed by atoms with Crippen molar-refractivity contribution in [1.82, 2.24) is 0 Å².